The lowest BCUT2D eigenvalue weighted by atomic mass is 10.2. The van der Waals surface area contributed by atoms with Gasteiger partial charge in [0, 0.05) is 5.69 Å². The standard InChI is InChI=1S/C17H16FNO5/c1-22-13-6-7-15(23-2)14(9-13)17(21)24-10-16(20)19-12-5-3-4-11(18)8-12/h3-9H,10H2,1-2H3,(H,19,20). The second kappa shape index (κ2) is 7.96. The van der Waals surface area contributed by atoms with Gasteiger partial charge in [0.05, 0.1) is 14.2 Å². The lowest BCUT2D eigenvalue weighted by Gasteiger charge is -2.10. The molecule has 0 fully saturated rings. The maximum absolute atomic E-state index is 13.0. The van der Waals surface area contributed by atoms with E-state index in [0.717, 1.165) is 6.07 Å². The monoisotopic (exact) mass is 333 g/mol. The Hall–Kier alpha value is -3.09. The second-order valence-electron chi connectivity index (χ2n) is 4.70. The lowest BCUT2D eigenvalue weighted by molar-refractivity contribution is -0.119. The third kappa shape index (κ3) is 4.45. The number of carbonyl (C=O) groups excluding carboxylic acids is 2. The van der Waals surface area contributed by atoms with Crippen LogP contribution in [0.4, 0.5) is 10.1 Å². The minimum absolute atomic E-state index is 0.135. The molecule has 0 atom stereocenters. The summed E-state index contributed by atoms with van der Waals surface area (Å²) in [7, 11) is 2.87. The van der Waals surface area contributed by atoms with Crippen LogP contribution in [0.5, 0.6) is 11.5 Å². The molecule has 0 spiro atoms. The Morgan fingerprint density at radius 2 is 1.88 bits per heavy atom. The molecule has 0 unspecified atom stereocenters. The first-order chi connectivity index (χ1) is 11.5. The molecule has 0 radical (unpaired) electrons. The lowest BCUT2D eigenvalue weighted by Crippen LogP contribution is -2.21. The second-order valence-corrected chi connectivity index (χ2v) is 4.70. The number of hydrogen-bond acceptors (Lipinski definition) is 5. The van der Waals surface area contributed by atoms with Crippen LogP contribution in [0.25, 0.3) is 0 Å². The van der Waals surface area contributed by atoms with Gasteiger partial charge in [-0.2, -0.15) is 0 Å². The zero-order valence-corrected chi connectivity index (χ0v) is 13.2. The zero-order valence-electron chi connectivity index (χ0n) is 13.2. The Morgan fingerprint density at radius 1 is 1.08 bits per heavy atom. The summed E-state index contributed by atoms with van der Waals surface area (Å²) in [4.78, 5) is 23.9. The van der Waals surface area contributed by atoms with Crippen LogP contribution in [0.3, 0.4) is 0 Å². The van der Waals surface area contributed by atoms with E-state index >= 15 is 0 Å². The molecule has 126 valence electrons. The van der Waals surface area contributed by atoms with Crippen molar-refractivity contribution >= 4 is 17.6 Å². The molecule has 0 aliphatic heterocycles. The molecule has 7 heteroatoms. The first kappa shape index (κ1) is 17.3. The van der Waals surface area contributed by atoms with E-state index in [1.807, 2.05) is 0 Å². The van der Waals surface area contributed by atoms with Crippen molar-refractivity contribution in [3.63, 3.8) is 0 Å². The van der Waals surface area contributed by atoms with Gasteiger partial charge in [0.25, 0.3) is 5.91 Å². The van der Waals surface area contributed by atoms with Crippen LogP contribution in [-0.2, 0) is 9.53 Å². The summed E-state index contributed by atoms with van der Waals surface area (Å²) in [5, 5.41) is 2.43. The van der Waals surface area contributed by atoms with Gasteiger partial charge in [0.1, 0.15) is 22.9 Å². The van der Waals surface area contributed by atoms with E-state index < -0.39 is 24.3 Å². The molecule has 2 aromatic carbocycles. The number of esters is 1. The summed E-state index contributed by atoms with van der Waals surface area (Å²) >= 11 is 0. The average Bonchev–Trinajstić information content (AvgIpc) is 2.59. The summed E-state index contributed by atoms with van der Waals surface area (Å²) in [6, 6.07) is 10.0. The van der Waals surface area contributed by atoms with Gasteiger partial charge in [0.2, 0.25) is 0 Å². The smallest absolute Gasteiger partial charge is 0.342 e. The van der Waals surface area contributed by atoms with E-state index in [2.05, 4.69) is 5.32 Å². The van der Waals surface area contributed by atoms with Crippen LogP contribution in [0, 0.1) is 5.82 Å². The minimum atomic E-state index is -0.736. The molecule has 1 N–H and O–H groups in total. The van der Waals surface area contributed by atoms with Crippen LogP contribution in [0.2, 0.25) is 0 Å². The van der Waals surface area contributed by atoms with Crippen molar-refractivity contribution in [1.29, 1.82) is 0 Å². The Balaban J connectivity index is 1.98. The molecule has 1 amide bonds. The van der Waals surface area contributed by atoms with Gasteiger partial charge in [0.15, 0.2) is 6.61 Å². The highest BCUT2D eigenvalue weighted by atomic mass is 19.1. The Kier molecular flexibility index (Phi) is 5.73. The third-order valence-electron chi connectivity index (χ3n) is 3.07. The third-order valence-corrected chi connectivity index (χ3v) is 3.07. The largest absolute Gasteiger partial charge is 0.497 e. The molecular formula is C17H16FNO5. The van der Waals surface area contributed by atoms with Gasteiger partial charge in [-0.3, -0.25) is 4.79 Å². The highest BCUT2D eigenvalue weighted by molar-refractivity contribution is 5.97. The van der Waals surface area contributed by atoms with E-state index in [1.165, 1.54) is 38.5 Å². The maximum atomic E-state index is 13.0. The number of hydrogen-bond donors (Lipinski definition) is 1. The van der Waals surface area contributed by atoms with Crippen LogP contribution in [-0.4, -0.2) is 32.7 Å². The van der Waals surface area contributed by atoms with Crippen molar-refractivity contribution in [2.45, 2.75) is 0 Å². The normalized spacial score (nSPS) is 9.96. The Morgan fingerprint density at radius 3 is 2.54 bits per heavy atom. The average molecular weight is 333 g/mol. The molecule has 0 aliphatic rings. The number of carbonyl (C=O) groups is 2. The number of halogens is 1. The molecular weight excluding hydrogens is 317 g/mol. The van der Waals surface area contributed by atoms with E-state index in [1.54, 1.807) is 12.1 Å². The number of methoxy groups -OCH3 is 2. The molecule has 0 saturated carbocycles. The Labute approximate surface area is 138 Å². The highest BCUT2D eigenvalue weighted by Crippen LogP contribution is 2.24. The molecule has 6 nitrogen and oxygen atoms in total. The fourth-order valence-corrected chi connectivity index (χ4v) is 1.95. The van der Waals surface area contributed by atoms with Crippen molar-refractivity contribution in [3.05, 3.63) is 53.8 Å². The van der Waals surface area contributed by atoms with Gasteiger partial charge in [-0.1, -0.05) is 6.07 Å². The van der Waals surface area contributed by atoms with Gasteiger partial charge in [-0.25, -0.2) is 9.18 Å². The van der Waals surface area contributed by atoms with Crippen molar-refractivity contribution in [2.24, 2.45) is 0 Å². The summed E-state index contributed by atoms with van der Waals surface area (Å²) in [5.74, 6) is -1.06. The summed E-state index contributed by atoms with van der Waals surface area (Å²) < 4.78 is 28.1. The van der Waals surface area contributed by atoms with Gasteiger partial charge < -0.3 is 19.5 Å². The molecule has 0 saturated heterocycles. The number of anilines is 1. The van der Waals surface area contributed by atoms with E-state index in [9.17, 15) is 14.0 Å². The van der Waals surface area contributed by atoms with Gasteiger partial charge in [-0.15, -0.1) is 0 Å². The molecule has 0 bridgehead atoms. The van der Waals surface area contributed by atoms with Gasteiger partial charge >= 0.3 is 5.97 Å². The molecule has 0 aromatic heterocycles. The van der Waals surface area contributed by atoms with Crippen molar-refractivity contribution in [1.82, 2.24) is 0 Å². The number of amides is 1. The van der Waals surface area contributed by atoms with Crippen molar-refractivity contribution < 1.29 is 28.2 Å². The van der Waals surface area contributed by atoms with Crippen molar-refractivity contribution in [3.8, 4) is 11.5 Å². The predicted octanol–water partition coefficient (Wildman–Crippen LogP) is 2.64. The van der Waals surface area contributed by atoms with Crippen LogP contribution in [0.1, 0.15) is 10.4 Å². The number of benzene rings is 2. The molecule has 0 aliphatic carbocycles. The number of ether oxygens (including phenoxy) is 3. The molecule has 24 heavy (non-hydrogen) atoms. The van der Waals surface area contributed by atoms with Crippen LogP contribution >= 0.6 is 0 Å². The van der Waals surface area contributed by atoms with Crippen LogP contribution < -0.4 is 14.8 Å². The molecule has 2 rings (SSSR count). The maximum Gasteiger partial charge on any atom is 0.342 e. The SMILES string of the molecule is COc1ccc(OC)c(C(=O)OCC(=O)Nc2cccc(F)c2)c1. The molecule has 2 aromatic rings. The van der Waals surface area contributed by atoms with E-state index in [4.69, 9.17) is 14.2 Å². The summed E-state index contributed by atoms with van der Waals surface area (Å²) in [6.07, 6.45) is 0. The first-order valence-corrected chi connectivity index (χ1v) is 6.98. The molecule has 0 heterocycles. The number of rotatable bonds is 6. The Bertz CT molecular complexity index is 748. The predicted molar refractivity (Wildman–Crippen MR) is 84.9 cm³/mol. The first-order valence-electron chi connectivity index (χ1n) is 6.98. The fraction of sp³-hybridized carbons (Fsp3) is 0.176. The van der Waals surface area contributed by atoms with E-state index in [0.29, 0.717) is 11.5 Å². The van der Waals surface area contributed by atoms with Crippen molar-refractivity contribution in [2.75, 3.05) is 26.1 Å². The highest BCUT2D eigenvalue weighted by Gasteiger charge is 2.16. The fourth-order valence-electron chi connectivity index (χ4n) is 1.95. The number of nitrogens with one attached hydrogen (secondary N) is 1. The topological polar surface area (TPSA) is 73.9 Å². The van der Waals surface area contributed by atoms with Gasteiger partial charge in [-0.05, 0) is 36.4 Å². The van der Waals surface area contributed by atoms with Crippen LogP contribution in [0.15, 0.2) is 42.5 Å². The minimum Gasteiger partial charge on any atom is -0.497 e. The van der Waals surface area contributed by atoms with E-state index in [-0.39, 0.29) is 11.3 Å². The quantitative estimate of drug-likeness (QED) is 0.823. The summed E-state index contributed by atoms with van der Waals surface area (Å²) in [6.45, 7) is -0.518. The summed E-state index contributed by atoms with van der Waals surface area (Å²) in [5.41, 5.74) is 0.408. The zero-order chi connectivity index (χ0) is 17.5.